The maximum Gasteiger partial charge on any atom is 0.184 e. The van der Waals surface area contributed by atoms with Gasteiger partial charge in [-0.15, -0.1) is 0 Å². The molecule has 0 aromatic rings. The Morgan fingerprint density at radius 2 is 2.11 bits per heavy atom. The van der Waals surface area contributed by atoms with Crippen molar-refractivity contribution < 1.29 is 4.74 Å². The molecule has 2 nitrogen and oxygen atoms in total. The van der Waals surface area contributed by atoms with E-state index in [2.05, 4.69) is 20.9 Å². The van der Waals surface area contributed by atoms with Gasteiger partial charge in [0, 0.05) is 17.6 Å². The number of hydrogen-bond acceptors (Lipinski definition) is 2. The van der Waals surface area contributed by atoms with Crippen molar-refractivity contribution in [2.24, 2.45) is 4.99 Å². The molecule has 0 radical (unpaired) electrons. The van der Waals surface area contributed by atoms with Crippen LogP contribution >= 0.6 is 15.9 Å². The Hall–Kier alpha value is -0.310. The van der Waals surface area contributed by atoms with E-state index in [0.29, 0.717) is 5.90 Å². The van der Waals surface area contributed by atoms with E-state index in [1.165, 1.54) is 0 Å². The average Bonchev–Trinajstić information content (AvgIpc) is 1.83. The Labute approximate surface area is 63.8 Å². The number of aliphatic imine (C=N–C) groups is 1. The van der Waals surface area contributed by atoms with Gasteiger partial charge >= 0.3 is 0 Å². The van der Waals surface area contributed by atoms with Crippen molar-refractivity contribution >= 4 is 21.8 Å². The molecule has 0 unspecified atom stereocenters. The van der Waals surface area contributed by atoms with Gasteiger partial charge in [0.1, 0.15) is 0 Å². The molecule has 0 saturated carbocycles. The molecule has 0 aromatic carbocycles. The number of ether oxygens (including phenoxy) is 1. The summed E-state index contributed by atoms with van der Waals surface area (Å²) >= 11 is 3.23. The highest BCUT2D eigenvalue weighted by Crippen LogP contribution is 2.01. The van der Waals surface area contributed by atoms with Crippen LogP contribution in [-0.4, -0.2) is 13.0 Å². The van der Waals surface area contributed by atoms with E-state index >= 15 is 0 Å². The highest BCUT2D eigenvalue weighted by molar-refractivity contribution is 9.11. The monoisotopic (exact) mass is 191 g/mol. The molecule has 0 amide bonds. The summed E-state index contributed by atoms with van der Waals surface area (Å²) in [5.41, 5.74) is 0. The first kappa shape index (κ1) is 8.69. The fourth-order valence-corrected chi connectivity index (χ4v) is 0.335. The molecule has 52 valence electrons. The van der Waals surface area contributed by atoms with Crippen LogP contribution in [0.25, 0.3) is 0 Å². The summed E-state index contributed by atoms with van der Waals surface area (Å²) in [4.78, 5) is 3.93. The number of allylic oxidation sites excluding steroid dienone is 1. The molecule has 0 atom stereocenters. The highest BCUT2D eigenvalue weighted by Gasteiger charge is 1.80. The van der Waals surface area contributed by atoms with E-state index in [9.17, 15) is 0 Å². The molecule has 0 rings (SSSR count). The minimum Gasteiger partial charge on any atom is -0.484 e. The molecule has 0 N–H and O–H groups in total. The van der Waals surface area contributed by atoms with Crippen molar-refractivity contribution in [1.29, 1.82) is 0 Å². The van der Waals surface area contributed by atoms with Gasteiger partial charge in [-0.1, -0.05) is 15.9 Å². The molecular formula is C6H10BrNO. The number of rotatable bonds is 1. The minimum atomic E-state index is 0.661. The molecule has 0 heterocycles. The second-order valence-corrected chi connectivity index (χ2v) is 2.82. The van der Waals surface area contributed by atoms with E-state index < -0.39 is 0 Å². The van der Waals surface area contributed by atoms with Crippen LogP contribution < -0.4 is 0 Å². The molecule has 9 heavy (non-hydrogen) atoms. The second kappa shape index (κ2) is 4.56. The lowest BCUT2D eigenvalue weighted by atomic mass is 10.7. The lowest BCUT2D eigenvalue weighted by molar-refractivity contribution is 0.400. The number of nitrogens with zero attached hydrogens (tertiary/aromatic N) is 1. The summed E-state index contributed by atoms with van der Waals surface area (Å²) in [6.45, 7) is 3.71. The molecule has 0 fully saturated rings. The fourth-order valence-electron chi connectivity index (χ4n) is 0.233. The van der Waals surface area contributed by atoms with Gasteiger partial charge in [-0.3, -0.25) is 0 Å². The van der Waals surface area contributed by atoms with Crippen LogP contribution in [0.15, 0.2) is 15.7 Å². The fraction of sp³-hybridized carbons (Fsp3) is 0.500. The summed E-state index contributed by atoms with van der Waals surface area (Å²) in [6, 6.07) is 0. The number of methoxy groups -OCH3 is 1. The lowest BCUT2D eigenvalue weighted by Crippen LogP contribution is -1.90. The highest BCUT2D eigenvalue weighted by atomic mass is 79.9. The van der Waals surface area contributed by atoms with Crippen LogP contribution in [0.4, 0.5) is 0 Å². The number of hydrogen-bond donors (Lipinski definition) is 0. The molecule has 0 aromatic heterocycles. The van der Waals surface area contributed by atoms with E-state index in [1.54, 1.807) is 20.2 Å². The predicted molar refractivity (Wildman–Crippen MR) is 42.8 cm³/mol. The Kier molecular flexibility index (Phi) is 4.40. The first-order chi connectivity index (χ1) is 4.16. The van der Waals surface area contributed by atoms with E-state index in [4.69, 9.17) is 4.74 Å². The lowest BCUT2D eigenvalue weighted by Gasteiger charge is -1.92. The van der Waals surface area contributed by atoms with Crippen LogP contribution in [0.5, 0.6) is 0 Å². The van der Waals surface area contributed by atoms with Crippen molar-refractivity contribution in [3.63, 3.8) is 0 Å². The molecule has 0 aliphatic heterocycles. The van der Waals surface area contributed by atoms with Crippen LogP contribution in [0.3, 0.4) is 0 Å². The van der Waals surface area contributed by atoms with Gasteiger partial charge in [0.15, 0.2) is 5.90 Å². The molecule has 0 spiro atoms. The third-order valence-corrected chi connectivity index (χ3v) is 0.924. The van der Waals surface area contributed by atoms with Gasteiger partial charge < -0.3 is 4.74 Å². The molecule has 0 aliphatic carbocycles. The maximum absolute atomic E-state index is 4.79. The van der Waals surface area contributed by atoms with E-state index in [1.807, 2.05) is 6.92 Å². The number of halogens is 1. The van der Waals surface area contributed by atoms with Gasteiger partial charge in [0.2, 0.25) is 0 Å². The first-order valence-electron chi connectivity index (χ1n) is 2.57. The van der Waals surface area contributed by atoms with E-state index in [-0.39, 0.29) is 0 Å². The maximum atomic E-state index is 4.79. The Morgan fingerprint density at radius 1 is 1.56 bits per heavy atom. The van der Waals surface area contributed by atoms with Crippen molar-refractivity contribution in [3.05, 3.63) is 10.7 Å². The Bertz CT molecular complexity index is 136. The zero-order chi connectivity index (χ0) is 7.28. The summed E-state index contributed by atoms with van der Waals surface area (Å²) in [7, 11) is 1.59. The standard InChI is InChI=1S/C6H10BrNO/c1-5(7)4-8-6(2)9-3/h4H,1-3H3/b5-4+,8-6?. The molecular weight excluding hydrogens is 182 g/mol. The molecule has 3 heteroatoms. The van der Waals surface area contributed by atoms with Gasteiger partial charge in [-0.2, -0.15) is 0 Å². The topological polar surface area (TPSA) is 21.6 Å². The smallest absolute Gasteiger partial charge is 0.184 e. The molecule has 0 saturated heterocycles. The third kappa shape index (κ3) is 5.56. The minimum absolute atomic E-state index is 0.661. The zero-order valence-corrected chi connectivity index (χ0v) is 7.40. The van der Waals surface area contributed by atoms with Crippen molar-refractivity contribution in [2.45, 2.75) is 13.8 Å². The average molecular weight is 192 g/mol. The zero-order valence-electron chi connectivity index (χ0n) is 5.81. The first-order valence-corrected chi connectivity index (χ1v) is 3.36. The van der Waals surface area contributed by atoms with Gasteiger partial charge in [-0.25, -0.2) is 4.99 Å². The van der Waals surface area contributed by atoms with Crippen molar-refractivity contribution in [3.8, 4) is 0 Å². The normalized spacial score (nSPS) is 13.8. The third-order valence-electron chi connectivity index (χ3n) is 0.720. The van der Waals surface area contributed by atoms with Gasteiger partial charge in [-0.05, 0) is 6.92 Å². The summed E-state index contributed by atoms with van der Waals surface area (Å²) < 4.78 is 5.77. The summed E-state index contributed by atoms with van der Waals surface area (Å²) in [5.74, 6) is 0.661. The van der Waals surface area contributed by atoms with Gasteiger partial charge in [0.05, 0.1) is 7.11 Å². The second-order valence-electron chi connectivity index (χ2n) is 1.57. The van der Waals surface area contributed by atoms with Crippen molar-refractivity contribution in [1.82, 2.24) is 0 Å². The van der Waals surface area contributed by atoms with Crippen LogP contribution in [0, 0.1) is 0 Å². The van der Waals surface area contributed by atoms with Crippen LogP contribution in [0.1, 0.15) is 13.8 Å². The Morgan fingerprint density at radius 3 is 2.44 bits per heavy atom. The predicted octanol–water partition coefficient (Wildman–Crippen LogP) is 2.31. The summed E-state index contributed by atoms with van der Waals surface area (Å²) in [6.07, 6.45) is 1.69. The molecule has 0 bridgehead atoms. The van der Waals surface area contributed by atoms with Crippen molar-refractivity contribution in [2.75, 3.05) is 7.11 Å². The van der Waals surface area contributed by atoms with E-state index in [0.717, 1.165) is 4.48 Å². The molecule has 0 aliphatic rings. The van der Waals surface area contributed by atoms with Crippen LogP contribution in [0.2, 0.25) is 0 Å². The van der Waals surface area contributed by atoms with Crippen LogP contribution in [-0.2, 0) is 4.74 Å². The Balaban J connectivity index is 3.83. The summed E-state index contributed by atoms with van der Waals surface area (Å²) in [5, 5.41) is 0. The largest absolute Gasteiger partial charge is 0.484 e. The van der Waals surface area contributed by atoms with Gasteiger partial charge in [0.25, 0.3) is 0 Å². The quantitative estimate of drug-likeness (QED) is 0.461. The SMILES string of the molecule is COC(C)=N/C=C(\C)Br.